The van der Waals surface area contributed by atoms with Crippen molar-refractivity contribution in [2.45, 2.75) is 13.5 Å². The van der Waals surface area contributed by atoms with Crippen molar-refractivity contribution in [2.24, 2.45) is 0 Å². The van der Waals surface area contributed by atoms with Gasteiger partial charge in [0.05, 0.1) is 28.5 Å². The zero-order valence-electron chi connectivity index (χ0n) is 15.9. The number of aromatic nitrogens is 1. The van der Waals surface area contributed by atoms with Crippen LogP contribution >= 0.6 is 34.8 Å². The second-order valence-electron chi connectivity index (χ2n) is 6.37. The molecule has 5 nitrogen and oxygen atoms in total. The molecule has 2 N–H and O–H groups in total. The molecule has 0 saturated heterocycles. The van der Waals surface area contributed by atoms with E-state index in [-0.39, 0.29) is 45.0 Å². The Bertz CT molecular complexity index is 1140. The number of ether oxygens (including phenoxy) is 2. The summed E-state index contributed by atoms with van der Waals surface area (Å²) < 4.78 is 25.0. The summed E-state index contributed by atoms with van der Waals surface area (Å²) in [6, 6.07) is 9.54. The number of aryl methyl sites for hydroxylation is 1. The van der Waals surface area contributed by atoms with Crippen LogP contribution in [0.15, 0.2) is 36.4 Å². The van der Waals surface area contributed by atoms with Crippen molar-refractivity contribution in [3.05, 3.63) is 74.1 Å². The van der Waals surface area contributed by atoms with Crippen molar-refractivity contribution in [3.63, 3.8) is 0 Å². The van der Waals surface area contributed by atoms with Crippen LogP contribution in [0.4, 0.5) is 10.1 Å². The third kappa shape index (κ3) is 4.46. The number of esters is 1. The van der Waals surface area contributed by atoms with Gasteiger partial charge in [0, 0.05) is 16.1 Å². The van der Waals surface area contributed by atoms with Crippen LogP contribution in [-0.4, -0.2) is 18.1 Å². The van der Waals surface area contributed by atoms with Crippen LogP contribution in [0, 0.1) is 12.7 Å². The van der Waals surface area contributed by atoms with Crippen LogP contribution in [-0.2, 0) is 11.3 Å². The number of hydrogen-bond acceptors (Lipinski definition) is 5. The first-order chi connectivity index (χ1) is 14.2. The molecule has 0 unspecified atom stereocenters. The normalized spacial score (nSPS) is 10.7. The Morgan fingerprint density at radius 3 is 2.53 bits per heavy atom. The molecule has 0 fully saturated rings. The number of pyridine rings is 1. The number of carbonyl (C=O) groups is 1. The zero-order chi connectivity index (χ0) is 22.0. The standard InChI is InChI=1S/C21H16Cl3FN2O3/c1-10-3-4-11(14(23)7-10)9-30-21(28)19-17(24)15(26)8-16(27-19)12-5-6-13(22)20(29-2)18(12)25/h3-8H,9H2,1-2H3,(H2,26,27). The van der Waals surface area contributed by atoms with E-state index in [1.165, 1.54) is 25.3 Å². The van der Waals surface area contributed by atoms with Gasteiger partial charge in [0.15, 0.2) is 17.3 Å². The monoisotopic (exact) mass is 468 g/mol. The third-order valence-electron chi connectivity index (χ3n) is 4.28. The molecule has 0 aliphatic heterocycles. The molecule has 0 saturated carbocycles. The molecule has 30 heavy (non-hydrogen) atoms. The highest BCUT2D eigenvalue weighted by atomic mass is 35.5. The maximum absolute atomic E-state index is 14.8. The molecule has 3 rings (SSSR count). The highest BCUT2D eigenvalue weighted by molar-refractivity contribution is 6.36. The molecule has 0 spiro atoms. The molecule has 0 aliphatic carbocycles. The first kappa shape index (κ1) is 22.2. The third-order valence-corrected chi connectivity index (χ3v) is 5.32. The van der Waals surface area contributed by atoms with Crippen molar-refractivity contribution < 1.29 is 18.7 Å². The Labute approximate surface area is 187 Å². The lowest BCUT2D eigenvalue weighted by atomic mass is 10.1. The maximum Gasteiger partial charge on any atom is 0.358 e. The molecule has 2 aromatic carbocycles. The van der Waals surface area contributed by atoms with Crippen molar-refractivity contribution in [1.29, 1.82) is 0 Å². The number of anilines is 1. The smallest absolute Gasteiger partial charge is 0.358 e. The Balaban J connectivity index is 1.94. The Morgan fingerprint density at radius 2 is 1.87 bits per heavy atom. The van der Waals surface area contributed by atoms with E-state index in [2.05, 4.69) is 4.98 Å². The fourth-order valence-electron chi connectivity index (χ4n) is 2.72. The molecule has 0 aliphatic rings. The van der Waals surface area contributed by atoms with E-state index in [0.717, 1.165) is 5.56 Å². The van der Waals surface area contributed by atoms with E-state index in [0.29, 0.717) is 10.6 Å². The lowest BCUT2D eigenvalue weighted by Crippen LogP contribution is -2.11. The van der Waals surface area contributed by atoms with Crippen LogP contribution in [0.25, 0.3) is 11.3 Å². The number of nitrogen functional groups attached to an aromatic ring is 1. The number of rotatable bonds is 5. The number of nitrogens with two attached hydrogens (primary N) is 1. The predicted molar refractivity (Wildman–Crippen MR) is 116 cm³/mol. The molecule has 9 heteroatoms. The summed E-state index contributed by atoms with van der Waals surface area (Å²) in [5, 5.41) is 0.459. The Kier molecular flexibility index (Phi) is 6.71. The van der Waals surface area contributed by atoms with Gasteiger partial charge in [-0.05, 0) is 36.8 Å². The summed E-state index contributed by atoms with van der Waals surface area (Å²) >= 11 is 18.2. The van der Waals surface area contributed by atoms with Crippen molar-refractivity contribution >= 4 is 46.5 Å². The number of nitrogens with zero attached hydrogens (tertiary/aromatic N) is 1. The van der Waals surface area contributed by atoms with Gasteiger partial charge >= 0.3 is 5.97 Å². The average Bonchev–Trinajstić information content (AvgIpc) is 2.69. The largest absolute Gasteiger partial charge is 0.492 e. The Hall–Kier alpha value is -2.54. The molecule has 156 valence electrons. The summed E-state index contributed by atoms with van der Waals surface area (Å²) in [4.78, 5) is 16.8. The molecular formula is C21H16Cl3FN2O3. The minimum absolute atomic E-state index is 0.0373. The number of halogens is 4. The minimum Gasteiger partial charge on any atom is -0.492 e. The topological polar surface area (TPSA) is 74.4 Å². The van der Waals surface area contributed by atoms with Gasteiger partial charge in [-0.15, -0.1) is 0 Å². The summed E-state index contributed by atoms with van der Waals surface area (Å²) in [5.74, 6) is -1.72. The van der Waals surface area contributed by atoms with Gasteiger partial charge in [0.2, 0.25) is 0 Å². The summed E-state index contributed by atoms with van der Waals surface area (Å²) in [5.41, 5.74) is 7.40. The predicted octanol–water partition coefficient (Wildman–Crippen LogP) is 6.10. The number of benzene rings is 2. The molecule has 0 amide bonds. The SMILES string of the molecule is COc1c(Cl)ccc(-c2cc(N)c(Cl)c(C(=O)OCc3ccc(C)cc3Cl)n2)c1F. The van der Waals surface area contributed by atoms with Gasteiger partial charge in [-0.1, -0.05) is 46.9 Å². The quantitative estimate of drug-likeness (QED) is 0.457. The molecule has 1 heterocycles. The highest BCUT2D eigenvalue weighted by Gasteiger charge is 2.22. The van der Waals surface area contributed by atoms with E-state index in [1.807, 2.05) is 13.0 Å². The Morgan fingerprint density at radius 1 is 1.13 bits per heavy atom. The van der Waals surface area contributed by atoms with Crippen LogP contribution in [0.2, 0.25) is 15.1 Å². The van der Waals surface area contributed by atoms with Gasteiger partial charge in [0.1, 0.15) is 6.61 Å². The lowest BCUT2D eigenvalue weighted by Gasteiger charge is -2.13. The summed E-state index contributed by atoms with van der Waals surface area (Å²) in [7, 11) is 1.29. The highest BCUT2D eigenvalue weighted by Crippen LogP contribution is 2.36. The number of carbonyl (C=O) groups excluding carboxylic acids is 1. The van der Waals surface area contributed by atoms with Gasteiger partial charge in [0.25, 0.3) is 0 Å². The number of methoxy groups -OCH3 is 1. The van der Waals surface area contributed by atoms with E-state index < -0.39 is 11.8 Å². The van der Waals surface area contributed by atoms with E-state index in [1.54, 1.807) is 12.1 Å². The van der Waals surface area contributed by atoms with Crippen molar-refractivity contribution in [1.82, 2.24) is 4.98 Å². The molecular weight excluding hydrogens is 454 g/mol. The van der Waals surface area contributed by atoms with Crippen molar-refractivity contribution in [2.75, 3.05) is 12.8 Å². The van der Waals surface area contributed by atoms with Gasteiger partial charge in [-0.3, -0.25) is 0 Å². The molecule has 0 radical (unpaired) electrons. The first-order valence-electron chi connectivity index (χ1n) is 8.63. The number of hydrogen-bond donors (Lipinski definition) is 1. The first-order valence-corrected chi connectivity index (χ1v) is 9.76. The van der Waals surface area contributed by atoms with E-state index in [9.17, 15) is 9.18 Å². The second-order valence-corrected chi connectivity index (χ2v) is 7.56. The van der Waals surface area contributed by atoms with Crippen LogP contribution in [0.1, 0.15) is 21.6 Å². The minimum atomic E-state index is -0.827. The van der Waals surface area contributed by atoms with Crippen molar-refractivity contribution in [3.8, 4) is 17.0 Å². The summed E-state index contributed by atoms with van der Waals surface area (Å²) in [6.45, 7) is 1.80. The molecule has 3 aromatic rings. The lowest BCUT2D eigenvalue weighted by molar-refractivity contribution is 0.0466. The fraction of sp³-hybridized carbons (Fsp3) is 0.143. The van der Waals surface area contributed by atoms with Crippen LogP contribution in [0.3, 0.4) is 0 Å². The van der Waals surface area contributed by atoms with E-state index in [4.69, 9.17) is 50.0 Å². The summed E-state index contributed by atoms with van der Waals surface area (Å²) in [6.07, 6.45) is 0. The molecule has 0 atom stereocenters. The zero-order valence-corrected chi connectivity index (χ0v) is 18.2. The van der Waals surface area contributed by atoms with Gasteiger partial charge < -0.3 is 15.2 Å². The average molecular weight is 470 g/mol. The second kappa shape index (κ2) is 9.08. The van der Waals surface area contributed by atoms with E-state index >= 15 is 0 Å². The van der Waals surface area contributed by atoms with Gasteiger partial charge in [-0.25, -0.2) is 14.2 Å². The maximum atomic E-state index is 14.8. The molecule has 0 bridgehead atoms. The van der Waals surface area contributed by atoms with Crippen LogP contribution in [0.5, 0.6) is 5.75 Å². The van der Waals surface area contributed by atoms with Gasteiger partial charge in [-0.2, -0.15) is 0 Å². The van der Waals surface area contributed by atoms with Crippen LogP contribution < -0.4 is 10.5 Å². The fourth-order valence-corrected chi connectivity index (χ4v) is 3.41. The molecule has 1 aromatic heterocycles.